The smallest absolute Gasteiger partial charge is 0.252 e. The molecule has 0 aliphatic heterocycles. The third kappa shape index (κ3) is 3.94. The number of carbonyl (C=O) groups is 1. The Kier molecular flexibility index (Phi) is 5.00. The molecule has 1 aromatic carbocycles. The van der Waals surface area contributed by atoms with Crippen LogP contribution in [0.15, 0.2) is 54.2 Å². The highest BCUT2D eigenvalue weighted by Gasteiger charge is 2.09. The molecule has 0 aliphatic carbocycles. The Morgan fingerprint density at radius 2 is 2.09 bits per heavy atom. The van der Waals surface area contributed by atoms with Crippen molar-refractivity contribution in [2.45, 2.75) is 6.42 Å². The lowest BCUT2D eigenvalue weighted by atomic mass is 10.2. The fraction of sp³-hybridized carbons (Fsp3) is 0.118. The SMILES string of the molecule is O=C(NCCc1csc(-c2ccccc2Cl)n1)c1cccnc1. The molecule has 0 radical (unpaired) electrons. The van der Waals surface area contributed by atoms with Crippen LogP contribution >= 0.6 is 22.9 Å². The van der Waals surface area contributed by atoms with E-state index in [1.165, 1.54) is 0 Å². The number of halogens is 1. The summed E-state index contributed by atoms with van der Waals surface area (Å²) < 4.78 is 0. The summed E-state index contributed by atoms with van der Waals surface area (Å²) in [6.07, 6.45) is 3.86. The fourth-order valence-electron chi connectivity index (χ4n) is 2.08. The van der Waals surface area contributed by atoms with E-state index in [0.717, 1.165) is 16.3 Å². The van der Waals surface area contributed by atoms with Crippen LogP contribution in [-0.4, -0.2) is 22.4 Å². The monoisotopic (exact) mass is 343 g/mol. The molecular weight excluding hydrogens is 330 g/mol. The summed E-state index contributed by atoms with van der Waals surface area (Å²) in [5, 5.41) is 6.45. The van der Waals surface area contributed by atoms with Gasteiger partial charge in [-0.25, -0.2) is 4.98 Å². The summed E-state index contributed by atoms with van der Waals surface area (Å²) in [5.41, 5.74) is 2.43. The predicted molar refractivity (Wildman–Crippen MR) is 92.8 cm³/mol. The topological polar surface area (TPSA) is 54.9 Å². The van der Waals surface area contributed by atoms with Crippen LogP contribution in [0.5, 0.6) is 0 Å². The number of aromatic nitrogens is 2. The highest BCUT2D eigenvalue weighted by molar-refractivity contribution is 7.13. The second kappa shape index (κ2) is 7.35. The Balaban J connectivity index is 1.58. The fourth-order valence-corrected chi connectivity index (χ4v) is 3.26. The number of nitrogens with zero attached hydrogens (tertiary/aromatic N) is 2. The van der Waals surface area contributed by atoms with Crippen molar-refractivity contribution in [1.29, 1.82) is 0 Å². The number of benzene rings is 1. The molecule has 2 aromatic heterocycles. The van der Waals surface area contributed by atoms with Gasteiger partial charge in [0.2, 0.25) is 0 Å². The molecular formula is C17H14ClN3OS. The van der Waals surface area contributed by atoms with E-state index in [4.69, 9.17) is 11.6 Å². The highest BCUT2D eigenvalue weighted by atomic mass is 35.5. The standard InChI is InChI=1S/C17H14ClN3OS/c18-15-6-2-1-5-14(15)17-21-13(11-23-17)7-9-20-16(22)12-4-3-8-19-10-12/h1-6,8,10-11H,7,9H2,(H,20,22). The minimum absolute atomic E-state index is 0.125. The van der Waals surface area contributed by atoms with Gasteiger partial charge in [-0.05, 0) is 18.2 Å². The molecule has 0 atom stereocenters. The summed E-state index contributed by atoms with van der Waals surface area (Å²) in [5.74, 6) is -0.125. The molecule has 1 N–H and O–H groups in total. The first kappa shape index (κ1) is 15.6. The van der Waals surface area contributed by atoms with Crippen LogP contribution in [0.1, 0.15) is 16.1 Å². The molecule has 2 heterocycles. The molecule has 6 heteroatoms. The summed E-state index contributed by atoms with van der Waals surface area (Å²) in [7, 11) is 0. The van der Waals surface area contributed by atoms with E-state index in [0.29, 0.717) is 23.6 Å². The Morgan fingerprint density at radius 1 is 1.22 bits per heavy atom. The number of pyridine rings is 1. The maximum Gasteiger partial charge on any atom is 0.252 e. The van der Waals surface area contributed by atoms with Crippen molar-refractivity contribution in [3.05, 3.63) is 70.5 Å². The second-order valence-electron chi connectivity index (χ2n) is 4.87. The molecule has 0 saturated heterocycles. The lowest BCUT2D eigenvalue weighted by molar-refractivity contribution is 0.0953. The lowest BCUT2D eigenvalue weighted by Gasteiger charge is -2.03. The predicted octanol–water partition coefficient (Wildman–Crippen LogP) is 3.83. The summed E-state index contributed by atoms with van der Waals surface area (Å²) in [6.45, 7) is 0.527. The minimum Gasteiger partial charge on any atom is -0.352 e. The van der Waals surface area contributed by atoms with E-state index in [9.17, 15) is 4.79 Å². The van der Waals surface area contributed by atoms with Crippen LogP contribution < -0.4 is 5.32 Å². The van der Waals surface area contributed by atoms with E-state index in [2.05, 4.69) is 15.3 Å². The third-order valence-electron chi connectivity index (χ3n) is 3.25. The van der Waals surface area contributed by atoms with Gasteiger partial charge in [-0.2, -0.15) is 0 Å². The van der Waals surface area contributed by atoms with Crippen molar-refractivity contribution in [2.24, 2.45) is 0 Å². The van der Waals surface area contributed by atoms with E-state index < -0.39 is 0 Å². The molecule has 0 unspecified atom stereocenters. The van der Waals surface area contributed by atoms with Gasteiger partial charge in [-0.1, -0.05) is 29.8 Å². The van der Waals surface area contributed by atoms with E-state index >= 15 is 0 Å². The normalized spacial score (nSPS) is 10.5. The van der Waals surface area contributed by atoms with Crippen LogP contribution in [0, 0.1) is 0 Å². The van der Waals surface area contributed by atoms with Gasteiger partial charge in [-0.15, -0.1) is 11.3 Å². The minimum atomic E-state index is -0.125. The largest absolute Gasteiger partial charge is 0.352 e. The number of thiazole rings is 1. The van der Waals surface area contributed by atoms with Gasteiger partial charge in [0.05, 0.1) is 16.3 Å². The Labute approximate surface area is 143 Å². The van der Waals surface area contributed by atoms with Crippen LogP contribution in [0.4, 0.5) is 0 Å². The average molecular weight is 344 g/mol. The average Bonchev–Trinajstić information content (AvgIpc) is 3.04. The Hall–Kier alpha value is -2.24. The first-order chi connectivity index (χ1) is 11.2. The van der Waals surface area contributed by atoms with Gasteiger partial charge in [0, 0.05) is 36.3 Å². The first-order valence-electron chi connectivity index (χ1n) is 7.11. The second-order valence-corrected chi connectivity index (χ2v) is 6.14. The molecule has 0 bridgehead atoms. The van der Waals surface area contributed by atoms with Gasteiger partial charge in [0.25, 0.3) is 5.91 Å². The zero-order chi connectivity index (χ0) is 16.1. The number of carbonyl (C=O) groups excluding carboxylic acids is 1. The quantitative estimate of drug-likeness (QED) is 0.766. The number of hydrogen-bond acceptors (Lipinski definition) is 4. The maximum absolute atomic E-state index is 11.9. The van der Waals surface area contributed by atoms with Crippen LogP contribution in [0.25, 0.3) is 10.6 Å². The van der Waals surface area contributed by atoms with Crippen molar-refractivity contribution in [3.8, 4) is 10.6 Å². The van der Waals surface area contributed by atoms with E-state index in [1.807, 2.05) is 29.6 Å². The van der Waals surface area contributed by atoms with Crippen molar-refractivity contribution >= 4 is 28.8 Å². The Bertz CT molecular complexity index is 804. The van der Waals surface area contributed by atoms with Gasteiger partial charge in [0.1, 0.15) is 5.01 Å². The molecule has 3 aromatic rings. The number of hydrogen-bond donors (Lipinski definition) is 1. The number of amides is 1. The highest BCUT2D eigenvalue weighted by Crippen LogP contribution is 2.30. The Morgan fingerprint density at radius 3 is 2.87 bits per heavy atom. The van der Waals surface area contributed by atoms with Crippen molar-refractivity contribution < 1.29 is 4.79 Å². The van der Waals surface area contributed by atoms with Gasteiger partial charge < -0.3 is 5.32 Å². The van der Waals surface area contributed by atoms with Crippen LogP contribution in [0.2, 0.25) is 5.02 Å². The van der Waals surface area contributed by atoms with E-state index in [-0.39, 0.29) is 5.91 Å². The van der Waals surface area contributed by atoms with Gasteiger partial charge >= 0.3 is 0 Å². The molecule has 0 saturated carbocycles. The molecule has 1 amide bonds. The van der Waals surface area contributed by atoms with Gasteiger partial charge in [0.15, 0.2) is 0 Å². The van der Waals surface area contributed by atoms with Gasteiger partial charge in [-0.3, -0.25) is 9.78 Å². The maximum atomic E-state index is 11.9. The number of rotatable bonds is 5. The summed E-state index contributed by atoms with van der Waals surface area (Å²) in [4.78, 5) is 20.4. The van der Waals surface area contributed by atoms with Crippen LogP contribution in [-0.2, 0) is 6.42 Å². The first-order valence-corrected chi connectivity index (χ1v) is 8.37. The zero-order valence-corrected chi connectivity index (χ0v) is 13.8. The third-order valence-corrected chi connectivity index (χ3v) is 4.50. The van der Waals surface area contributed by atoms with Crippen molar-refractivity contribution in [3.63, 3.8) is 0 Å². The van der Waals surface area contributed by atoms with Crippen molar-refractivity contribution in [2.75, 3.05) is 6.54 Å². The molecule has 23 heavy (non-hydrogen) atoms. The molecule has 3 rings (SSSR count). The molecule has 4 nitrogen and oxygen atoms in total. The molecule has 116 valence electrons. The summed E-state index contributed by atoms with van der Waals surface area (Å²) in [6, 6.07) is 11.1. The molecule has 0 fully saturated rings. The zero-order valence-electron chi connectivity index (χ0n) is 12.2. The molecule has 0 spiro atoms. The molecule has 0 aliphatic rings. The number of nitrogens with one attached hydrogen (secondary N) is 1. The van der Waals surface area contributed by atoms with Crippen molar-refractivity contribution in [1.82, 2.24) is 15.3 Å². The van der Waals surface area contributed by atoms with Crippen LogP contribution in [0.3, 0.4) is 0 Å². The van der Waals surface area contributed by atoms with E-state index in [1.54, 1.807) is 35.9 Å². The summed E-state index contributed by atoms with van der Waals surface area (Å²) >= 11 is 7.74. The lowest BCUT2D eigenvalue weighted by Crippen LogP contribution is -2.25.